The topological polar surface area (TPSA) is 89.8 Å². The number of nitro benzene ring substituents is 1. The highest BCUT2D eigenvalue weighted by Gasteiger charge is 2.22. The van der Waals surface area contributed by atoms with E-state index in [0.717, 1.165) is 4.90 Å². The van der Waals surface area contributed by atoms with Crippen LogP contribution < -0.4 is 4.90 Å². The van der Waals surface area contributed by atoms with Gasteiger partial charge in [0.15, 0.2) is 0 Å². The van der Waals surface area contributed by atoms with Gasteiger partial charge in [-0.3, -0.25) is 24.6 Å². The van der Waals surface area contributed by atoms with Gasteiger partial charge in [0.25, 0.3) is 5.69 Å². The van der Waals surface area contributed by atoms with E-state index in [0.29, 0.717) is 5.56 Å². The zero-order valence-corrected chi connectivity index (χ0v) is 12.4. The Morgan fingerprint density at radius 2 is 2.10 bits per heavy atom. The molecule has 0 atom stereocenters. The van der Waals surface area contributed by atoms with Crippen LogP contribution >= 0.6 is 11.6 Å². The van der Waals surface area contributed by atoms with Gasteiger partial charge in [-0.05, 0) is 19.9 Å². The van der Waals surface area contributed by atoms with E-state index in [1.165, 1.54) is 18.2 Å². The summed E-state index contributed by atoms with van der Waals surface area (Å²) in [6.45, 7) is 3.05. The second-order valence-electron chi connectivity index (χ2n) is 4.15. The molecule has 21 heavy (non-hydrogen) atoms. The summed E-state index contributed by atoms with van der Waals surface area (Å²) in [6, 6.07) is 4.26. The molecule has 0 aliphatic carbocycles. The standard InChI is InChI=1S/C13H15ClN2O5/c1-3-21-13(18)8-15(12(17)7-14)10-5-4-9(2)11(6-10)16(19)20/h4-6H,3,7-8H2,1-2H3. The third-order valence-electron chi connectivity index (χ3n) is 2.71. The SMILES string of the molecule is CCOC(=O)CN(C(=O)CCl)c1ccc(C)c([N+](=O)[O-])c1. The fourth-order valence-corrected chi connectivity index (χ4v) is 1.84. The van der Waals surface area contributed by atoms with Crippen LogP contribution in [0.1, 0.15) is 12.5 Å². The minimum Gasteiger partial charge on any atom is -0.465 e. The quantitative estimate of drug-likeness (QED) is 0.347. The van der Waals surface area contributed by atoms with E-state index in [2.05, 4.69) is 0 Å². The predicted molar refractivity (Wildman–Crippen MR) is 77.5 cm³/mol. The van der Waals surface area contributed by atoms with Crippen LogP contribution in [0.25, 0.3) is 0 Å². The third kappa shape index (κ3) is 4.42. The summed E-state index contributed by atoms with van der Waals surface area (Å²) in [5, 5.41) is 10.9. The highest BCUT2D eigenvalue weighted by molar-refractivity contribution is 6.29. The maximum atomic E-state index is 11.8. The van der Waals surface area contributed by atoms with Crippen LogP contribution in [0.4, 0.5) is 11.4 Å². The maximum Gasteiger partial charge on any atom is 0.326 e. The molecule has 1 amide bonds. The summed E-state index contributed by atoms with van der Waals surface area (Å²) < 4.78 is 4.78. The monoisotopic (exact) mass is 314 g/mol. The van der Waals surface area contributed by atoms with E-state index < -0.39 is 16.8 Å². The molecule has 1 aromatic rings. The summed E-state index contributed by atoms with van der Waals surface area (Å²) in [4.78, 5) is 34.8. The van der Waals surface area contributed by atoms with Crippen molar-refractivity contribution in [2.75, 3.05) is 23.9 Å². The number of nitro groups is 1. The Bertz CT molecular complexity index is 561. The number of ether oxygens (including phenoxy) is 1. The van der Waals surface area contributed by atoms with E-state index in [4.69, 9.17) is 16.3 Å². The number of rotatable bonds is 6. The molecule has 0 aromatic heterocycles. The van der Waals surface area contributed by atoms with E-state index in [-0.39, 0.29) is 30.4 Å². The van der Waals surface area contributed by atoms with Gasteiger partial charge in [0, 0.05) is 11.6 Å². The molecule has 1 aromatic carbocycles. The number of carbonyl (C=O) groups excluding carboxylic acids is 2. The third-order valence-corrected chi connectivity index (χ3v) is 2.94. The summed E-state index contributed by atoms with van der Waals surface area (Å²) >= 11 is 5.51. The van der Waals surface area contributed by atoms with Crippen LogP contribution in [0.15, 0.2) is 18.2 Å². The van der Waals surface area contributed by atoms with E-state index in [9.17, 15) is 19.7 Å². The first kappa shape index (κ1) is 16.9. The maximum absolute atomic E-state index is 11.8. The molecule has 0 N–H and O–H groups in total. The number of esters is 1. The van der Waals surface area contributed by atoms with Gasteiger partial charge in [-0.2, -0.15) is 0 Å². The molecule has 114 valence electrons. The van der Waals surface area contributed by atoms with Crippen LogP contribution in [0.3, 0.4) is 0 Å². The Kier molecular flexibility index (Phi) is 6.10. The molecule has 0 radical (unpaired) electrons. The molecule has 1 rings (SSSR count). The summed E-state index contributed by atoms with van der Waals surface area (Å²) in [5.74, 6) is -1.50. The Morgan fingerprint density at radius 1 is 1.43 bits per heavy atom. The average Bonchev–Trinajstić information content (AvgIpc) is 2.44. The number of amides is 1. The molecule has 0 heterocycles. The lowest BCUT2D eigenvalue weighted by Gasteiger charge is -2.21. The molecule has 0 aliphatic rings. The number of hydrogen-bond donors (Lipinski definition) is 0. The van der Waals surface area contributed by atoms with Crippen molar-refractivity contribution in [3.8, 4) is 0 Å². The normalized spacial score (nSPS) is 10.0. The second kappa shape index (κ2) is 7.58. The van der Waals surface area contributed by atoms with Crippen molar-refractivity contribution in [2.45, 2.75) is 13.8 Å². The first-order valence-corrected chi connectivity index (χ1v) is 6.71. The number of alkyl halides is 1. The number of anilines is 1. The number of hydrogen-bond acceptors (Lipinski definition) is 5. The van der Waals surface area contributed by atoms with Crippen molar-refractivity contribution in [3.63, 3.8) is 0 Å². The first-order chi connectivity index (χ1) is 9.90. The Balaban J connectivity index is 3.14. The molecule has 0 bridgehead atoms. The average molecular weight is 315 g/mol. The lowest BCUT2D eigenvalue weighted by Crippen LogP contribution is -2.37. The van der Waals surface area contributed by atoms with Crippen molar-refractivity contribution < 1.29 is 19.2 Å². The Morgan fingerprint density at radius 3 is 2.62 bits per heavy atom. The molecule has 7 nitrogen and oxygen atoms in total. The van der Waals surface area contributed by atoms with Crippen molar-refractivity contribution in [2.24, 2.45) is 0 Å². The van der Waals surface area contributed by atoms with Crippen LogP contribution in [0.5, 0.6) is 0 Å². The molecule has 0 spiro atoms. The molecule has 0 saturated heterocycles. The molecule has 0 fully saturated rings. The van der Waals surface area contributed by atoms with Gasteiger partial charge < -0.3 is 4.74 Å². The molecule has 0 saturated carbocycles. The molecule has 0 aliphatic heterocycles. The van der Waals surface area contributed by atoms with Crippen LogP contribution in [-0.4, -0.2) is 35.8 Å². The van der Waals surface area contributed by atoms with Gasteiger partial charge in [-0.1, -0.05) is 6.07 Å². The molecular weight excluding hydrogens is 300 g/mol. The van der Waals surface area contributed by atoms with Gasteiger partial charge in [0.2, 0.25) is 5.91 Å². The number of nitrogens with zero attached hydrogens (tertiary/aromatic N) is 2. The van der Waals surface area contributed by atoms with Gasteiger partial charge in [0.1, 0.15) is 12.4 Å². The Labute approximate surface area is 126 Å². The lowest BCUT2D eigenvalue weighted by atomic mass is 10.1. The first-order valence-electron chi connectivity index (χ1n) is 6.17. The molecule has 0 unspecified atom stereocenters. The zero-order chi connectivity index (χ0) is 16.0. The molecule has 8 heteroatoms. The predicted octanol–water partition coefficient (Wildman–Crippen LogP) is 2.04. The number of halogens is 1. The minimum absolute atomic E-state index is 0.135. The zero-order valence-electron chi connectivity index (χ0n) is 11.7. The fourth-order valence-electron chi connectivity index (χ4n) is 1.69. The minimum atomic E-state index is -0.612. The van der Waals surface area contributed by atoms with Crippen LogP contribution in [0.2, 0.25) is 0 Å². The van der Waals surface area contributed by atoms with Gasteiger partial charge in [-0.15, -0.1) is 11.6 Å². The largest absolute Gasteiger partial charge is 0.465 e. The number of aryl methyl sites for hydroxylation is 1. The van der Waals surface area contributed by atoms with Crippen molar-refractivity contribution in [1.29, 1.82) is 0 Å². The number of benzene rings is 1. The smallest absolute Gasteiger partial charge is 0.326 e. The van der Waals surface area contributed by atoms with Gasteiger partial charge in [-0.25, -0.2) is 0 Å². The van der Waals surface area contributed by atoms with Gasteiger partial charge in [0.05, 0.1) is 17.2 Å². The van der Waals surface area contributed by atoms with Gasteiger partial charge >= 0.3 is 5.97 Å². The summed E-state index contributed by atoms with van der Waals surface area (Å²) in [7, 11) is 0. The van der Waals surface area contributed by atoms with E-state index in [1.807, 2.05) is 0 Å². The van der Waals surface area contributed by atoms with Crippen LogP contribution in [0, 0.1) is 17.0 Å². The molecular formula is C13H15ClN2O5. The van der Waals surface area contributed by atoms with Crippen molar-refractivity contribution in [3.05, 3.63) is 33.9 Å². The highest BCUT2D eigenvalue weighted by Crippen LogP contribution is 2.25. The lowest BCUT2D eigenvalue weighted by molar-refractivity contribution is -0.385. The van der Waals surface area contributed by atoms with E-state index in [1.54, 1.807) is 13.8 Å². The van der Waals surface area contributed by atoms with Crippen molar-refractivity contribution >= 4 is 34.9 Å². The van der Waals surface area contributed by atoms with E-state index >= 15 is 0 Å². The summed E-state index contributed by atoms with van der Waals surface area (Å²) in [6.07, 6.45) is 0. The number of carbonyl (C=O) groups is 2. The second-order valence-corrected chi connectivity index (χ2v) is 4.41. The Hall–Kier alpha value is -2.15. The summed E-state index contributed by atoms with van der Waals surface area (Å²) in [5.41, 5.74) is 0.549. The fraction of sp³-hybridized carbons (Fsp3) is 0.385. The van der Waals surface area contributed by atoms with Crippen molar-refractivity contribution in [1.82, 2.24) is 0 Å². The highest BCUT2D eigenvalue weighted by atomic mass is 35.5. The van der Waals surface area contributed by atoms with Crippen LogP contribution in [-0.2, 0) is 14.3 Å².